The van der Waals surface area contributed by atoms with E-state index in [1.54, 1.807) is 12.1 Å². The van der Waals surface area contributed by atoms with Gasteiger partial charge in [0.2, 0.25) is 15.7 Å². The van der Waals surface area contributed by atoms with Gasteiger partial charge in [0.15, 0.2) is 0 Å². The van der Waals surface area contributed by atoms with Crippen molar-refractivity contribution in [1.82, 2.24) is 9.78 Å². The van der Waals surface area contributed by atoms with E-state index in [1.165, 1.54) is 35.7 Å². The Balaban J connectivity index is 1.93. The summed E-state index contributed by atoms with van der Waals surface area (Å²) in [5, 5.41) is 7.46. The summed E-state index contributed by atoms with van der Waals surface area (Å²) in [6, 6.07) is 13.6. The van der Waals surface area contributed by atoms with Crippen LogP contribution in [0.25, 0.3) is 0 Å². The van der Waals surface area contributed by atoms with Gasteiger partial charge in [0.05, 0.1) is 12.0 Å². The van der Waals surface area contributed by atoms with Crippen molar-refractivity contribution in [2.75, 3.05) is 23.9 Å². The average Bonchev–Trinajstić information content (AvgIpc) is 3.09. The third kappa shape index (κ3) is 4.91. The Morgan fingerprint density at radius 3 is 2.47 bits per heavy atom. The zero-order valence-electron chi connectivity index (χ0n) is 18.2. The number of carbonyl (C=O) groups is 1. The molecule has 0 saturated heterocycles. The number of rotatable bonds is 9. The fourth-order valence-electron chi connectivity index (χ4n) is 3.19. The molecule has 0 aliphatic rings. The van der Waals surface area contributed by atoms with Crippen molar-refractivity contribution < 1.29 is 17.9 Å². The van der Waals surface area contributed by atoms with Crippen LogP contribution in [0.15, 0.2) is 63.3 Å². The van der Waals surface area contributed by atoms with Crippen LogP contribution in [0, 0.1) is 0 Å². The highest BCUT2D eigenvalue weighted by Gasteiger charge is 2.30. The van der Waals surface area contributed by atoms with Crippen LogP contribution in [0.2, 0.25) is 0 Å². The number of hydrogen-bond acceptors (Lipinski definition) is 7. The first kappa shape index (κ1) is 23.7. The molecule has 8 nitrogen and oxygen atoms in total. The van der Waals surface area contributed by atoms with Crippen molar-refractivity contribution in [2.24, 2.45) is 0 Å². The second-order valence-electron chi connectivity index (χ2n) is 6.85. The van der Waals surface area contributed by atoms with Crippen LogP contribution in [0.1, 0.15) is 19.4 Å². The number of benzene rings is 2. The van der Waals surface area contributed by atoms with E-state index >= 15 is 0 Å². The minimum Gasteiger partial charge on any atom is -0.497 e. The predicted molar refractivity (Wildman–Crippen MR) is 126 cm³/mol. The number of para-hydroxylation sites is 1. The van der Waals surface area contributed by atoms with Gasteiger partial charge in [-0.05, 0) is 48.1 Å². The van der Waals surface area contributed by atoms with Crippen molar-refractivity contribution in [2.45, 2.75) is 41.6 Å². The summed E-state index contributed by atoms with van der Waals surface area (Å²) in [5.74, 6) is 0.717. The third-order valence-corrected chi connectivity index (χ3v) is 7.61. The molecule has 0 aliphatic heterocycles. The summed E-state index contributed by atoms with van der Waals surface area (Å²) >= 11 is 1.26. The van der Waals surface area contributed by atoms with Gasteiger partial charge in [0.1, 0.15) is 28.0 Å². The number of ether oxygens (including phenoxy) is 1. The summed E-state index contributed by atoms with van der Waals surface area (Å²) in [4.78, 5) is 12.7. The topological polar surface area (TPSA) is 116 Å². The number of anilines is 2. The molecule has 170 valence electrons. The van der Waals surface area contributed by atoms with E-state index in [1.807, 2.05) is 38.1 Å². The van der Waals surface area contributed by atoms with Crippen molar-refractivity contribution in [3.8, 4) is 5.75 Å². The zero-order chi connectivity index (χ0) is 23.3. The van der Waals surface area contributed by atoms with Crippen molar-refractivity contribution in [3.05, 3.63) is 54.1 Å². The van der Waals surface area contributed by atoms with Crippen molar-refractivity contribution in [1.29, 1.82) is 0 Å². The number of nitrogens with two attached hydrogens (primary N) is 1. The van der Waals surface area contributed by atoms with E-state index in [0.717, 1.165) is 12.0 Å². The number of methoxy groups -OCH3 is 1. The smallest absolute Gasteiger partial charge is 0.246 e. The van der Waals surface area contributed by atoms with Crippen LogP contribution in [0.4, 0.5) is 11.5 Å². The van der Waals surface area contributed by atoms with Crippen LogP contribution < -0.4 is 15.8 Å². The van der Waals surface area contributed by atoms with E-state index in [4.69, 9.17) is 10.5 Å². The summed E-state index contributed by atoms with van der Waals surface area (Å²) in [6.07, 6.45) is 0.766. The Morgan fingerprint density at radius 2 is 1.84 bits per heavy atom. The highest BCUT2D eigenvalue weighted by molar-refractivity contribution is 8.00. The van der Waals surface area contributed by atoms with E-state index in [-0.39, 0.29) is 33.1 Å². The molecule has 0 unspecified atom stereocenters. The highest BCUT2D eigenvalue weighted by Crippen LogP contribution is 2.35. The number of nitrogen functional groups attached to an aromatic ring is 1. The van der Waals surface area contributed by atoms with E-state index in [9.17, 15) is 13.2 Å². The number of sulfone groups is 1. The molecule has 3 aromatic rings. The maximum atomic E-state index is 13.3. The van der Waals surface area contributed by atoms with E-state index < -0.39 is 9.84 Å². The summed E-state index contributed by atoms with van der Waals surface area (Å²) in [6.45, 7) is 3.68. The van der Waals surface area contributed by atoms with Crippen LogP contribution >= 0.6 is 11.8 Å². The highest BCUT2D eigenvalue weighted by atomic mass is 32.2. The van der Waals surface area contributed by atoms with Crippen molar-refractivity contribution >= 4 is 39.0 Å². The van der Waals surface area contributed by atoms with E-state index in [0.29, 0.717) is 17.2 Å². The standard InChI is InChI=1S/C22H26N4O4S2/c1-4-15-8-6-7-9-18(15)24-19(27)14-26-21(23)20(22(25-26)31-5-2)32(28,29)17-12-10-16(30-3)11-13-17/h6-13H,4-5,14,23H2,1-3H3,(H,24,27). The number of carbonyl (C=O) groups excluding carboxylic acids is 1. The molecule has 3 rings (SSSR count). The van der Waals surface area contributed by atoms with Gasteiger partial charge in [-0.15, -0.1) is 11.8 Å². The Kier molecular flexibility index (Phi) is 7.47. The molecule has 0 saturated carbocycles. The molecule has 1 amide bonds. The Hall–Kier alpha value is -2.98. The molecule has 32 heavy (non-hydrogen) atoms. The molecule has 0 fully saturated rings. The largest absolute Gasteiger partial charge is 0.497 e. The molecule has 0 atom stereocenters. The summed E-state index contributed by atoms with van der Waals surface area (Å²) < 4.78 is 33.0. The van der Waals surface area contributed by atoms with E-state index in [2.05, 4.69) is 10.4 Å². The first-order valence-electron chi connectivity index (χ1n) is 10.1. The van der Waals surface area contributed by atoms with Gasteiger partial charge in [-0.25, -0.2) is 13.1 Å². The second kappa shape index (κ2) is 10.1. The predicted octanol–water partition coefficient (Wildman–Crippen LogP) is 3.62. The zero-order valence-corrected chi connectivity index (χ0v) is 19.8. The molecular formula is C22H26N4O4S2. The lowest BCUT2D eigenvalue weighted by atomic mass is 10.1. The number of hydrogen-bond donors (Lipinski definition) is 2. The number of nitrogens with zero attached hydrogens (tertiary/aromatic N) is 2. The molecule has 1 aromatic heterocycles. The molecule has 3 N–H and O–H groups in total. The lowest BCUT2D eigenvalue weighted by Gasteiger charge is -2.10. The van der Waals surface area contributed by atoms with Gasteiger partial charge in [-0.2, -0.15) is 5.10 Å². The molecule has 0 aliphatic carbocycles. The first-order chi connectivity index (χ1) is 15.3. The lowest BCUT2D eigenvalue weighted by Crippen LogP contribution is -2.21. The second-order valence-corrected chi connectivity index (χ2v) is 9.99. The van der Waals surface area contributed by atoms with Gasteiger partial charge in [-0.1, -0.05) is 32.0 Å². The minimum absolute atomic E-state index is 0.0730. The third-order valence-electron chi connectivity index (χ3n) is 4.80. The molecule has 0 bridgehead atoms. The summed E-state index contributed by atoms with van der Waals surface area (Å²) in [5.41, 5.74) is 7.92. The lowest BCUT2D eigenvalue weighted by molar-refractivity contribution is -0.116. The number of amides is 1. The summed E-state index contributed by atoms with van der Waals surface area (Å²) in [7, 11) is -2.44. The quantitative estimate of drug-likeness (QED) is 0.455. The normalized spacial score (nSPS) is 11.3. The van der Waals surface area contributed by atoms with Crippen LogP contribution in [0.5, 0.6) is 5.75 Å². The SMILES string of the molecule is CCSc1nn(CC(=O)Nc2ccccc2CC)c(N)c1S(=O)(=O)c1ccc(OC)cc1. The Bertz CT molecular complexity index is 1210. The molecule has 1 heterocycles. The number of thioether (sulfide) groups is 1. The molecule has 10 heteroatoms. The molecular weight excluding hydrogens is 448 g/mol. The average molecular weight is 475 g/mol. The van der Waals surface area contributed by atoms with Gasteiger partial charge in [0, 0.05) is 5.69 Å². The minimum atomic E-state index is -3.95. The molecule has 0 radical (unpaired) electrons. The van der Waals surface area contributed by atoms with Gasteiger partial charge in [-0.3, -0.25) is 4.79 Å². The van der Waals surface area contributed by atoms with Crippen LogP contribution in [-0.2, 0) is 27.6 Å². The maximum Gasteiger partial charge on any atom is 0.246 e. The van der Waals surface area contributed by atoms with Gasteiger partial charge in [0.25, 0.3) is 0 Å². The fourth-order valence-corrected chi connectivity index (χ4v) is 5.74. The van der Waals surface area contributed by atoms with Crippen LogP contribution in [0.3, 0.4) is 0 Å². The van der Waals surface area contributed by atoms with Gasteiger partial charge >= 0.3 is 0 Å². The van der Waals surface area contributed by atoms with Crippen molar-refractivity contribution in [3.63, 3.8) is 0 Å². The Labute approximate surface area is 192 Å². The molecule has 2 aromatic carbocycles. The number of nitrogens with one attached hydrogen (secondary N) is 1. The Morgan fingerprint density at radius 1 is 1.16 bits per heavy atom. The monoisotopic (exact) mass is 474 g/mol. The first-order valence-corrected chi connectivity index (χ1v) is 12.5. The number of aryl methyl sites for hydroxylation is 1. The fraction of sp³-hybridized carbons (Fsp3) is 0.273. The number of aromatic nitrogens is 2. The van der Waals surface area contributed by atoms with Gasteiger partial charge < -0.3 is 15.8 Å². The molecule has 0 spiro atoms. The van der Waals surface area contributed by atoms with Crippen LogP contribution in [-0.4, -0.2) is 37.0 Å². The maximum absolute atomic E-state index is 13.3.